The molecule has 6 nitrogen and oxygen atoms in total. The van der Waals surface area contributed by atoms with Crippen molar-refractivity contribution < 1.29 is 9.53 Å². The third kappa shape index (κ3) is 6.16. The number of carbonyl (C=O) groups excluding carboxylic acids is 1. The largest absolute Gasteiger partial charge is 0.383 e. The smallest absolute Gasteiger partial charge is 0.227 e. The van der Waals surface area contributed by atoms with Crippen LogP contribution in [0.1, 0.15) is 33.1 Å². The van der Waals surface area contributed by atoms with Crippen molar-refractivity contribution in [3.63, 3.8) is 0 Å². The van der Waals surface area contributed by atoms with Crippen LogP contribution in [0.3, 0.4) is 0 Å². The molecule has 1 aromatic heterocycles. The van der Waals surface area contributed by atoms with E-state index in [9.17, 15) is 4.79 Å². The molecule has 0 spiro atoms. The molecule has 0 radical (unpaired) electrons. The zero-order valence-electron chi connectivity index (χ0n) is 12.6. The van der Waals surface area contributed by atoms with Crippen molar-refractivity contribution in [2.75, 3.05) is 19.0 Å². The quantitative estimate of drug-likeness (QED) is 0.721. The van der Waals surface area contributed by atoms with Gasteiger partial charge in [0, 0.05) is 25.3 Å². The Morgan fingerprint density at radius 1 is 1.50 bits per heavy atom. The minimum atomic E-state index is -0.0175. The second kappa shape index (κ2) is 8.71. The number of hydrogen-bond acceptors (Lipinski definition) is 4. The molecule has 0 saturated heterocycles. The molecule has 1 aromatic rings. The predicted molar refractivity (Wildman–Crippen MR) is 79.4 cm³/mol. The number of hydrogen-bond donors (Lipinski definition) is 2. The fraction of sp³-hybridized carbons (Fsp3) is 0.714. The fourth-order valence-corrected chi connectivity index (χ4v) is 1.88. The van der Waals surface area contributed by atoms with E-state index in [0.717, 1.165) is 24.9 Å². The molecule has 3 N–H and O–H groups in total. The first kappa shape index (κ1) is 16.7. The lowest BCUT2D eigenvalue weighted by Crippen LogP contribution is -2.21. The number of rotatable bonds is 9. The second-order valence-corrected chi connectivity index (χ2v) is 5.28. The number of anilines is 1. The zero-order chi connectivity index (χ0) is 15.0. The van der Waals surface area contributed by atoms with Crippen LogP contribution in [0.4, 0.5) is 5.69 Å². The molecule has 114 valence electrons. The number of nitrogens with one attached hydrogen (secondary N) is 1. The predicted octanol–water partition coefficient (Wildman–Crippen LogP) is 1.62. The number of nitrogens with zero attached hydrogens (tertiary/aromatic N) is 2. The first-order chi connectivity index (χ1) is 9.52. The minimum Gasteiger partial charge on any atom is -0.383 e. The molecule has 2 atom stereocenters. The van der Waals surface area contributed by atoms with Crippen molar-refractivity contribution in [2.45, 2.75) is 45.7 Å². The Bertz CT molecular complexity index is 404. The second-order valence-electron chi connectivity index (χ2n) is 5.28. The van der Waals surface area contributed by atoms with E-state index < -0.39 is 0 Å². The van der Waals surface area contributed by atoms with E-state index in [-0.39, 0.29) is 17.9 Å². The van der Waals surface area contributed by atoms with Crippen LogP contribution in [-0.2, 0) is 16.1 Å². The van der Waals surface area contributed by atoms with E-state index in [2.05, 4.69) is 10.4 Å². The monoisotopic (exact) mass is 282 g/mol. The average Bonchev–Trinajstić information content (AvgIpc) is 2.83. The summed E-state index contributed by atoms with van der Waals surface area (Å²) in [6.07, 6.45) is 6.24. The number of amides is 1. The van der Waals surface area contributed by atoms with Crippen molar-refractivity contribution in [1.82, 2.24) is 9.78 Å². The fourth-order valence-electron chi connectivity index (χ4n) is 1.88. The molecule has 2 unspecified atom stereocenters. The van der Waals surface area contributed by atoms with E-state index >= 15 is 0 Å². The molecule has 0 aliphatic carbocycles. The highest BCUT2D eigenvalue weighted by atomic mass is 16.5. The van der Waals surface area contributed by atoms with Gasteiger partial charge in [0.2, 0.25) is 5.91 Å². The Morgan fingerprint density at radius 3 is 2.90 bits per heavy atom. The summed E-state index contributed by atoms with van der Waals surface area (Å²) in [5, 5.41) is 7.04. The third-order valence-corrected chi connectivity index (χ3v) is 3.17. The van der Waals surface area contributed by atoms with Gasteiger partial charge in [-0.3, -0.25) is 9.48 Å². The van der Waals surface area contributed by atoms with Crippen molar-refractivity contribution in [3.05, 3.63) is 12.4 Å². The summed E-state index contributed by atoms with van der Waals surface area (Å²) < 4.78 is 6.73. The van der Waals surface area contributed by atoms with Crippen LogP contribution in [0, 0.1) is 5.92 Å². The number of carbonyl (C=O) groups is 1. The summed E-state index contributed by atoms with van der Waals surface area (Å²) in [6, 6.07) is 0.198. The molecule has 1 heterocycles. The highest BCUT2D eigenvalue weighted by molar-refractivity contribution is 5.91. The molecular weight excluding hydrogens is 256 g/mol. The first-order valence-electron chi connectivity index (χ1n) is 7.10. The van der Waals surface area contributed by atoms with Crippen LogP contribution >= 0.6 is 0 Å². The van der Waals surface area contributed by atoms with Gasteiger partial charge in [0.25, 0.3) is 0 Å². The molecule has 0 bridgehead atoms. The van der Waals surface area contributed by atoms with Gasteiger partial charge in [-0.15, -0.1) is 0 Å². The number of methoxy groups -OCH3 is 1. The third-order valence-electron chi connectivity index (χ3n) is 3.17. The van der Waals surface area contributed by atoms with E-state index in [1.807, 2.05) is 20.0 Å². The Labute approximate surface area is 120 Å². The summed E-state index contributed by atoms with van der Waals surface area (Å²) in [5.74, 6) is 0.0111. The molecule has 0 aromatic carbocycles. The molecule has 20 heavy (non-hydrogen) atoms. The summed E-state index contributed by atoms with van der Waals surface area (Å²) in [6.45, 7) is 5.20. The van der Waals surface area contributed by atoms with Crippen molar-refractivity contribution in [3.8, 4) is 0 Å². The Morgan fingerprint density at radius 2 is 2.25 bits per heavy atom. The Balaban J connectivity index is 2.35. The van der Waals surface area contributed by atoms with Crippen LogP contribution in [0.5, 0.6) is 0 Å². The van der Waals surface area contributed by atoms with Crippen LogP contribution < -0.4 is 11.1 Å². The summed E-state index contributed by atoms with van der Waals surface area (Å²) in [7, 11) is 1.65. The first-order valence-corrected chi connectivity index (χ1v) is 7.10. The van der Waals surface area contributed by atoms with Crippen LogP contribution in [0.15, 0.2) is 12.4 Å². The van der Waals surface area contributed by atoms with Gasteiger partial charge < -0.3 is 15.8 Å². The van der Waals surface area contributed by atoms with Gasteiger partial charge in [-0.2, -0.15) is 5.10 Å². The molecule has 0 aliphatic rings. The minimum absolute atomic E-state index is 0.0175. The molecule has 6 heteroatoms. The molecule has 1 rings (SSSR count). The standard InChI is InChI=1S/C14H26N4O2/c1-11(5-4-6-12(2)15)14(19)17-13-9-16-18(10-13)7-8-20-3/h9-12H,4-8,15H2,1-3H3,(H,17,19). The van der Waals surface area contributed by atoms with Crippen molar-refractivity contribution in [1.29, 1.82) is 0 Å². The SMILES string of the molecule is COCCn1cc(NC(=O)C(C)CCCC(C)N)cn1. The maximum atomic E-state index is 12.0. The van der Waals surface area contributed by atoms with Crippen LogP contribution in [-0.4, -0.2) is 35.4 Å². The van der Waals surface area contributed by atoms with Gasteiger partial charge in [-0.25, -0.2) is 0 Å². The highest BCUT2D eigenvalue weighted by Gasteiger charge is 2.13. The molecule has 0 fully saturated rings. The lowest BCUT2D eigenvalue weighted by molar-refractivity contribution is -0.119. The van der Waals surface area contributed by atoms with Gasteiger partial charge in [0.15, 0.2) is 0 Å². The highest BCUT2D eigenvalue weighted by Crippen LogP contribution is 2.13. The summed E-state index contributed by atoms with van der Waals surface area (Å²) in [4.78, 5) is 12.0. The number of ether oxygens (including phenoxy) is 1. The average molecular weight is 282 g/mol. The number of aromatic nitrogens is 2. The van der Waals surface area contributed by atoms with Gasteiger partial charge >= 0.3 is 0 Å². The molecule has 0 aliphatic heterocycles. The normalized spacial score (nSPS) is 14.0. The summed E-state index contributed by atoms with van der Waals surface area (Å²) in [5.41, 5.74) is 6.43. The zero-order valence-corrected chi connectivity index (χ0v) is 12.6. The maximum Gasteiger partial charge on any atom is 0.227 e. The van der Waals surface area contributed by atoms with Gasteiger partial charge in [0.1, 0.15) is 0 Å². The van der Waals surface area contributed by atoms with E-state index in [1.54, 1.807) is 18.0 Å². The van der Waals surface area contributed by atoms with E-state index in [4.69, 9.17) is 10.5 Å². The number of nitrogens with two attached hydrogens (primary N) is 1. The lowest BCUT2D eigenvalue weighted by atomic mass is 10.0. The van der Waals surface area contributed by atoms with E-state index in [0.29, 0.717) is 13.2 Å². The summed E-state index contributed by atoms with van der Waals surface area (Å²) >= 11 is 0. The van der Waals surface area contributed by atoms with Gasteiger partial charge in [0.05, 0.1) is 25.0 Å². The lowest BCUT2D eigenvalue weighted by Gasteiger charge is -2.11. The van der Waals surface area contributed by atoms with Crippen molar-refractivity contribution in [2.24, 2.45) is 11.7 Å². The molecule has 0 saturated carbocycles. The Kier molecular flexibility index (Phi) is 7.25. The topological polar surface area (TPSA) is 82.2 Å². The molecular formula is C14H26N4O2. The molecule has 1 amide bonds. The van der Waals surface area contributed by atoms with E-state index in [1.165, 1.54) is 0 Å². The van der Waals surface area contributed by atoms with Crippen LogP contribution in [0.25, 0.3) is 0 Å². The van der Waals surface area contributed by atoms with Crippen LogP contribution in [0.2, 0.25) is 0 Å². The van der Waals surface area contributed by atoms with Gasteiger partial charge in [-0.1, -0.05) is 13.3 Å². The Hall–Kier alpha value is -1.40. The maximum absolute atomic E-state index is 12.0. The van der Waals surface area contributed by atoms with Gasteiger partial charge in [-0.05, 0) is 19.8 Å². The van der Waals surface area contributed by atoms with Crippen molar-refractivity contribution >= 4 is 11.6 Å².